The van der Waals surface area contributed by atoms with E-state index in [2.05, 4.69) is 5.32 Å². The van der Waals surface area contributed by atoms with Crippen LogP contribution in [0.1, 0.15) is 18.1 Å². The molecule has 0 saturated heterocycles. The van der Waals surface area contributed by atoms with E-state index in [1.54, 1.807) is 30.3 Å². The Balaban J connectivity index is 1.90. The molecule has 190 valence electrons. The minimum Gasteiger partial charge on any atom is -0.497 e. The van der Waals surface area contributed by atoms with Crippen molar-refractivity contribution in [1.82, 2.24) is 5.32 Å². The number of anilines is 1. The van der Waals surface area contributed by atoms with E-state index in [0.29, 0.717) is 23.7 Å². The first-order valence-corrected chi connectivity index (χ1v) is 12.5. The average Bonchev–Trinajstić information content (AvgIpc) is 2.86. The molecule has 0 atom stereocenters. The number of ether oxygens (including phenoxy) is 2. The maximum absolute atomic E-state index is 13.6. The molecular weight excluding hydrogens is 486 g/mol. The Morgan fingerprint density at radius 2 is 1.78 bits per heavy atom. The zero-order chi connectivity index (χ0) is 26.3. The summed E-state index contributed by atoms with van der Waals surface area (Å²) in [6.45, 7) is 3.50. The van der Waals surface area contributed by atoms with Gasteiger partial charge in [-0.2, -0.15) is 0 Å². The predicted molar refractivity (Wildman–Crippen MR) is 135 cm³/mol. The number of nitrogens with zero attached hydrogens (tertiary/aromatic N) is 2. The first-order valence-electron chi connectivity index (χ1n) is 11.1. The molecule has 1 N–H and O–H groups in total. The molecule has 0 spiro atoms. The lowest BCUT2D eigenvalue weighted by molar-refractivity contribution is -0.385. The first kappa shape index (κ1) is 26.5. The van der Waals surface area contributed by atoms with E-state index in [4.69, 9.17) is 9.47 Å². The molecule has 0 saturated carbocycles. The number of rotatable bonds is 11. The van der Waals surface area contributed by atoms with Gasteiger partial charge in [-0.1, -0.05) is 18.2 Å². The van der Waals surface area contributed by atoms with Gasteiger partial charge in [-0.15, -0.1) is 0 Å². The number of hydrogen-bond donors (Lipinski definition) is 1. The number of benzene rings is 3. The van der Waals surface area contributed by atoms with Crippen LogP contribution in [0.25, 0.3) is 0 Å². The zero-order valence-corrected chi connectivity index (χ0v) is 20.9. The molecule has 0 aliphatic heterocycles. The summed E-state index contributed by atoms with van der Waals surface area (Å²) >= 11 is 0. The van der Waals surface area contributed by atoms with Crippen LogP contribution in [0, 0.1) is 17.0 Å². The monoisotopic (exact) mass is 513 g/mol. The van der Waals surface area contributed by atoms with Gasteiger partial charge >= 0.3 is 0 Å². The van der Waals surface area contributed by atoms with E-state index in [1.807, 2.05) is 13.0 Å². The molecule has 10 nitrogen and oxygen atoms in total. The fourth-order valence-electron chi connectivity index (χ4n) is 3.44. The summed E-state index contributed by atoms with van der Waals surface area (Å²) in [7, 11) is -2.86. The lowest BCUT2D eigenvalue weighted by atomic mass is 10.2. The zero-order valence-electron chi connectivity index (χ0n) is 20.1. The standard InChI is InChI=1S/C25H27N3O7S/c1-4-35-22-7-5-6-19(14-22)16-26-25(29)17-27(20-9-11-21(34-3)12-10-20)36(32,33)23-13-8-18(2)24(15-23)28(30)31/h5-15H,4,16-17H2,1-3H3,(H,26,29). The summed E-state index contributed by atoms with van der Waals surface area (Å²) < 4.78 is 38.7. The Morgan fingerprint density at radius 1 is 1.06 bits per heavy atom. The number of carbonyl (C=O) groups is 1. The summed E-state index contributed by atoms with van der Waals surface area (Å²) in [4.78, 5) is 23.3. The molecule has 36 heavy (non-hydrogen) atoms. The fraction of sp³-hybridized carbons (Fsp3) is 0.240. The summed E-state index contributed by atoms with van der Waals surface area (Å²) in [5, 5.41) is 14.1. The largest absolute Gasteiger partial charge is 0.497 e. The Hall–Kier alpha value is -4.12. The number of amides is 1. The lowest BCUT2D eigenvalue weighted by Crippen LogP contribution is -2.40. The Morgan fingerprint density at radius 3 is 2.42 bits per heavy atom. The van der Waals surface area contributed by atoms with Crippen LogP contribution in [0.4, 0.5) is 11.4 Å². The molecule has 1 amide bonds. The second kappa shape index (κ2) is 11.5. The van der Waals surface area contributed by atoms with Crippen molar-refractivity contribution in [3.8, 4) is 11.5 Å². The molecule has 0 aromatic heterocycles. The molecule has 3 aromatic rings. The molecule has 0 heterocycles. The first-order chi connectivity index (χ1) is 17.1. The summed E-state index contributed by atoms with van der Waals surface area (Å²) in [6, 6.07) is 17.0. The second-order valence-electron chi connectivity index (χ2n) is 7.77. The number of hydrogen-bond acceptors (Lipinski definition) is 7. The SMILES string of the molecule is CCOc1cccc(CNC(=O)CN(c2ccc(OC)cc2)S(=O)(=O)c2ccc(C)c([N+](=O)[O-])c2)c1. The Kier molecular flexibility index (Phi) is 8.49. The average molecular weight is 514 g/mol. The van der Waals surface area contributed by atoms with Crippen LogP contribution < -0.4 is 19.1 Å². The highest BCUT2D eigenvalue weighted by atomic mass is 32.2. The summed E-state index contributed by atoms with van der Waals surface area (Å²) in [6.07, 6.45) is 0. The van der Waals surface area contributed by atoms with Crippen LogP contribution in [0.3, 0.4) is 0 Å². The number of nitro groups is 1. The van der Waals surface area contributed by atoms with Crippen LogP contribution in [0.2, 0.25) is 0 Å². The number of sulfonamides is 1. The van der Waals surface area contributed by atoms with Crippen molar-refractivity contribution in [3.63, 3.8) is 0 Å². The topological polar surface area (TPSA) is 128 Å². The Bertz CT molecular complexity index is 1340. The predicted octanol–water partition coefficient (Wildman–Crippen LogP) is 3.82. The number of methoxy groups -OCH3 is 1. The molecule has 0 aliphatic rings. The van der Waals surface area contributed by atoms with Crippen LogP contribution in [0.15, 0.2) is 71.6 Å². The summed E-state index contributed by atoms with van der Waals surface area (Å²) in [5.74, 6) is 0.603. The second-order valence-corrected chi connectivity index (χ2v) is 9.63. The van der Waals surface area contributed by atoms with E-state index >= 15 is 0 Å². The van der Waals surface area contributed by atoms with Crippen molar-refractivity contribution in [2.45, 2.75) is 25.3 Å². The third kappa shape index (κ3) is 6.30. The van der Waals surface area contributed by atoms with E-state index in [-0.39, 0.29) is 22.8 Å². The van der Waals surface area contributed by atoms with Gasteiger partial charge < -0.3 is 14.8 Å². The van der Waals surface area contributed by atoms with Crippen LogP contribution in [-0.2, 0) is 21.4 Å². The molecule has 11 heteroatoms. The highest BCUT2D eigenvalue weighted by molar-refractivity contribution is 7.92. The molecule has 0 fully saturated rings. The van der Waals surface area contributed by atoms with Gasteiger partial charge in [0.25, 0.3) is 15.7 Å². The minimum absolute atomic E-state index is 0.159. The third-order valence-corrected chi connectivity index (χ3v) is 7.08. The van der Waals surface area contributed by atoms with Crippen LogP contribution >= 0.6 is 0 Å². The van der Waals surface area contributed by atoms with Gasteiger partial charge in [0.2, 0.25) is 5.91 Å². The van der Waals surface area contributed by atoms with Gasteiger partial charge in [0, 0.05) is 18.2 Å². The molecule has 3 aromatic carbocycles. The third-order valence-electron chi connectivity index (χ3n) is 5.31. The van der Waals surface area contributed by atoms with E-state index in [1.165, 1.54) is 38.3 Å². The Labute approximate surface area is 209 Å². The van der Waals surface area contributed by atoms with Crippen LogP contribution in [0.5, 0.6) is 11.5 Å². The van der Waals surface area contributed by atoms with Crippen molar-refractivity contribution < 1.29 is 27.6 Å². The van der Waals surface area contributed by atoms with Crippen LogP contribution in [-0.4, -0.2) is 39.5 Å². The molecular formula is C25H27N3O7S. The fourth-order valence-corrected chi connectivity index (χ4v) is 4.88. The smallest absolute Gasteiger partial charge is 0.273 e. The van der Waals surface area contributed by atoms with Crippen molar-refractivity contribution in [1.29, 1.82) is 0 Å². The van der Waals surface area contributed by atoms with Gasteiger partial charge in [-0.05, 0) is 61.9 Å². The molecule has 3 rings (SSSR count). The van der Waals surface area contributed by atoms with Gasteiger partial charge in [-0.25, -0.2) is 8.42 Å². The minimum atomic E-state index is -4.33. The quantitative estimate of drug-likeness (QED) is 0.305. The van der Waals surface area contributed by atoms with E-state index in [9.17, 15) is 23.3 Å². The molecule has 0 unspecified atom stereocenters. The van der Waals surface area contributed by atoms with Gasteiger partial charge in [0.05, 0.1) is 29.2 Å². The van der Waals surface area contributed by atoms with Gasteiger partial charge in [0.15, 0.2) is 0 Å². The van der Waals surface area contributed by atoms with Gasteiger partial charge in [0.1, 0.15) is 18.0 Å². The highest BCUT2D eigenvalue weighted by Gasteiger charge is 2.29. The van der Waals surface area contributed by atoms with Crippen molar-refractivity contribution in [3.05, 3.63) is 88.0 Å². The summed E-state index contributed by atoms with van der Waals surface area (Å²) in [5.41, 5.74) is 0.973. The molecule has 0 aliphatic carbocycles. The maximum atomic E-state index is 13.6. The molecule has 0 radical (unpaired) electrons. The maximum Gasteiger partial charge on any atom is 0.273 e. The number of nitro benzene ring substituents is 1. The number of carbonyl (C=O) groups excluding carboxylic acids is 1. The number of nitrogens with one attached hydrogen (secondary N) is 1. The van der Waals surface area contributed by atoms with Gasteiger partial charge in [-0.3, -0.25) is 19.2 Å². The normalized spacial score (nSPS) is 11.0. The van der Waals surface area contributed by atoms with Crippen molar-refractivity contribution in [2.75, 3.05) is 24.6 Å². The van der Waals surface area contributed by atoms with E-state index in [0.717, 1.165) is 15.9 Å². The lowest BCUT2D eigenvalue weighted by Gasteiger charge is -2.24. The van der Waals surface area contributed by atoms with Crippen molar-refractivity contribution >= 4 is 27.3 Å². The molecule has 0 bridgehead atoms. The highest BCUT2D eigenvalue weighted by Crippen LogP contribution is 2.29. The number of aryl methyl sites for hydroxylation is 1. The van der Waals surface area contributed by atoms with E-state index < -0.39 is 27.4 Å². The van der Waals surface area contributed by atoms with Crippen molar-refractivity contribution in [2.24, 2.45) is 0 Å².